The molecule has 5 nitrogen and oxygen atoms in total. The van der Waals surface area contributed by atoms with Crippen LogP contribution in [-0.4, -0.2) is 23.5 Å². The summed E-state index contributed by atoms with van der Waals surface area (Å²) in [5.41, 5.74) is 5.81. The van der Waals surface area contributed by atoms with Crippen molar-refractivity contribution in [3.8, 4) is 0 Å². The van der Waals surface area contributed by atoms with Gasteiger partial charge in [-0.25, -0.2) is 9.78 Å². The van der Waals surface area contributed by atoms with Crippen molar-refractivity contribution in [3.63, 3.8) is 0 Å². The number of carbonyl (C=O) groups is 2. The number of esters is 1. The van der Waals surface area contributed by atoms with Crippen LogP contribution in [0.2, 0.25) is 0 Å². The second-order valence-electron chi connectivity index (χ2n) is 6.48. The predicted molar refractivity (Wildman–Crippen MR) is 114 cm³/mol. The molecule has 0 atom stereocenters. The molecule has 144 valence electrons. The van der Waals surface area contributed by atoms with Crippen molar-refractivity contribution in [2.75, 3.05) is 11.9 Å². The van der Waals surface area contributed by atoms with E-state index in [0.29, 0.717) is 17.7 Å². The Morgan fingerprint density at radius 3 is 2.62 bits per heavy atom. The molecule has 1 aromatic heterocycles. The van der Waals surface area contributed by atoms with Crippen LogP contribution in [0, 0.1) is 0 Å². The molecule has 3 aromatic carbocycles. The van der Waals surface area contributed by atoms with Gasteiger partial charge in [0.25, 0.3) is 5.91 Å². The first-order chi connectivity index (χ1) is 14.2. The van der Waals surface area contributed by atoms with Gasteiger partial charge in [-0.3, -0.25) is 4.79 Å². The highest BCUT2D eigenvalue weighted by Gasteiger charge is 2.13. The average Bonchev–Trinajstić information content (AvgIpc) is 3.22. The second-order valence-corrected chi connectivity index (χ2v) is 7.37. The van der Waals surface area contributed by atoms with Crippen molar-refractivity contribution in [2.45, 2.75) is 6.42 Å². The summed E-state index contributed by atoms with van der Waals surface area (Å²) in [7, 11) is 0. The molecule has 0 fully saturated rings. The largest absolute Gasteiger partial charge is 0.452 e. The molecule has 0 aliphatic heterocycles. The molecule has 1 amide bonds. The Labute approximate surface area is 172 Å². The molecule has 0 aliphatic rings. The Morgan fingerprint density at radius 1 is 0.966 bits per heavy atom. The number of nitrogens with zero attached hydrogens (tertiary/aromatic N) is 1. The minimum Gasteiger partial charge on any atom is -0.452 e. The zero-order chi connectivity index (χ0) is 20.1. The lowest BCUT2D eigenvalue weighted by Crippen LogP contribution is -2.21. The topological polar surface area (TPSA) is 68.3 Å². The normalized spacial score (nSPS) is 10.6. The van der Waals surface area contributed by atoms with E-state index in [0.717, 1.165) is 21.3 Å². The number of hydrogen-bond donors (Lipinski definition) is 1. The first-order valence-electron chi connectivity index (χ1n) is 9.11. The molecule has 4 rings (SSSR count). The minimum absolute atomic E-state index is 0.348. The Bertz CT molecular complexity index is 1150. The summed E-state index contributed by atoms with van der Waals surface area (Å²) in [6.07, 6.45) is 0.700. The van der Waals surface area contributed by atoms with E-state index in [1.54, 1.807) is 23.7 Å². The molecule has 6 heteroatoms. The fourth-order valence-electron chi connectivity index (χ4n) is 2.99. The lowest BCUT2D eigenvalue weighted by molar-refractivity contribution is -0.119. The van der Waals surface area contributed by atoms with E-state index in [9.17, 15) is 9.59 Å². The number of rotatable bonds is 6. The number of aromatic nitrogens is 1. The second kappa shape index (κ2) is 8.67. The summed E-state index contributed by atoms with van der Waals surface area (Å²) in [4.78, 5) is 28.8. The van der Waals surface area contributed by atoms with E-state index < -0.39 is 5.97 Å². The van der Waals surface area contributed by atoms with Crippen LogP contribution in [0.1, 0.15) is 21.5 Å². The molecule has 0 unspecified atom stereocenters. The van der Waals surface area contributed by atoms with E-state index >= 15 is 0 Å². The fourth-order valence-corrected chi connectivity index (χ4v) is 3.71. The SMILES string of the molecule is O=C(COC(=O)c1ccc2ncsc2c1)Nc1ccccc1Cc1ccccc1. The van der Waals surface area contributed by atoms with Crippen LogP contribution in [0.15, 0.2) is 78.3 Å². The summed E-state index contributed by atoms with van der Waals surface area (Å²) in [6, 6.07) is 22.8. The van der Waals surface area contributed by atoms with Crippen molar-refractivity contribution < 1.29 is 14.3 Å². The highest BCUT2D eigenvalue weighted by molar-refractivity contribution is 7.16. The third-order valence-corrected chi connectivity index (χ3v) is 5.22. The van der Waals surface area contributed by atoms with E-state index in [4.69, 9.17) is 4.74 Å². The van der Waals surface area contributed by atoms with Gasteiger partial charge in [-0.2, -0.15) is 0 Å². The Morgan fingerprint density at radius 2 is 1.76 bits per heavy atom. The molecule has 0 aliphatic carbocycles. The van der Waals surface area contributed by atoms with Gasteiger partial charge in [0.05, 0.1) is 21.3 Å². The lowest BCUT2D eigenvalue weighted by atomic mass is 10.0. The average molecular weight is 402 g/mol. The fraction of sp³-hybridized carbons (Fsp3) is 0.0870. The van der Waals surface area contributed by atoms with Crippen molar-refractivity contribution in [2.24, 2.45) is 0 Å². The minimum atomic E-state index is -0.534. The van der Waals surface area contributed by atoms with E-state index in [1.807, 2.05) is 54.6 Å². The van der Waals surface area contributed by atoms with Crippen LogP contribution < -0.4 is 5.32 Å². The number of benzene rings is 3. The summed E-state index contributed by atoms with van der Waals surface area (Å²) in [5, 5.41) is 2.84. The number of ether oxygens (including phenoxy) is 1. The maximum atomic E-state index is 12.3. The number of thiazole rings is 1. The van der Waals surface area contributed by atoms with Crippen LogP contribution in [0.25, 0.3) is 10.2 Å². The smallest absolute Gasteiger partial charge is 0.338 e. The van der Waals surface area contributed by atoms with Crippen molar-refractivity contribution in [1.82, 2.24) is 4.98 Å². The summed E-state index contributed by atoms with van der Waals surface area (Å²) in [6.45, 7) is -0.348. The first kappa shape index (κ1) is 18.8. The van der Waals surface area contributed by atoms with Gasteiger partial charge in [-0.15, -0.1) is 11.3 Å². The van der Waals surface area contributed by atoms with Gasteiger partial charge in [0.1, 0.15) is 0 Å². The number of anilines is 1. The number of amides is 1. The molecule has 1 heterocycles. The van der Waals surface area contributed by atoms with Crippen molar-refractivity contribution >= 4 is 39.1 Å². The quantitative estimate of drug-likeness (QED) is 0.476. The number of hydrogen-bond acceptors (Lipinski definition) is 5. The monoisotopic (exact) mass is 402 g/mol. The molecular weight excluding hydrogens is 384 g/mol. The molecule has 1 N–H and O–H groups in total. The Balaban J connectivity index is 1.38. The van der Waals surface area contributed by atoms with Crippen LogP contribution in [-0.2, 0) is 16.0 Å². The van der Waals surface area contributed by atoms with E-state index in [-0.39, 0.29) is 12.5 Å². The lowest BCUT2D eigenvalue weighted by Gasteiger charge is -2.11. The molecular formula is C23H18N2O3S. The number of carbonyl (C=O) groups excluding carboxylic acids is 2. The molecule has 29 heavy (non-hydrogen) atoms. The third-order valence-electron chi connectivity index (χ3n) is 4.43. The Hall–Kier alpha value is -3.51. The van der Waals surface area contributed by atoms with Crippen LogP contribution in [0.3, 0.4) is 0 Å². The van der Waals surface area contributed by atoms with Crippen molar-refractivity contribution in [1.29, 1.82) is 0 Å². The van der Waals surface area contributed by atoms with Gasteiger partial charge in [-0.05, 0) is 41.8 Å². The number of nitrogens with one attached hydrogen (secondary N) is 1. The first-order valence-corrected chi connectivity index (χ1v) is 9.99. The molecule has 0 spiro atoms. The van der Waals surface area contributed by atoms with Gasteiger partial charge < -0.3 is 10.1 Å². The maximum Gasteiger partial charge on any atom is 0.338 e. The third kappa shape index (κ3) is 4.67. The van der Waals surface area contributed by atoms with Crippen molar-refractivity contribution in [3.05, 3.63) is 95.0 Å². The van der Waals surface area contributed by atoms with Gasteiger partial charge in [0.15, 0.2) is 6.61 Å². The van der Waals surface area contributed by atoms with Crippen LogP contribution >= 0.6 is 11.3 Å². The molecule has 0 saturated heterocycles. The molecule has 0 bridgehead atoms. The standard InChI is InChI=1S/C23H18N2O3S/c26-22(14-28-23(27)18-10-11-20-21(13-18)29-15-24-20)25-19-9-5-4-8-17(19)12-16-6-2-1-3-7-16/h1-11,13,15H,12,14H2,(H,25,26). The number of fused-ring (bicyclic) bond motifs is 1. The van der Waals surface area contributed by atoms with E-state index in [2.05, 4.69) is 10.3 Å². The highest BCUT2D eigenvalue weighted by Crippen LogP contribution is 2.20. The highest BCUT2D eigenvalue weighted by atomic mass is 32.1. The van der Waals surface area contributed by atoms with Crippen LogP contribution in [0.5, 0.6) is 0 Å². The summed E-state index contributed by atoms with van der Waals surface area (Å²) in [5.74, 6) is -0.911. The van der Waals surface area contributed by atoms with Gasteiger partial charge in [0.2, 0.25) is 0 Å². The molecule has 4 aromatic rings. The van der Waals surface area contributed by atoms with Gasteiger partial charge >= 0.3 is 5.97 Å². The van der Waals surface area contributed by atoms with Gasteiger partial charge in [-0.1, -0.05) is 48.5 Å². The summed E-state index contributed by atoms with van der Waals surface area (Å²) < 4.78 is 6.08. The predicted octanol–water partition coefficient (Wildman–Crippen LogP) is 4.68. The van der Waals surface area contributed by atoms with E-state index in [1.165, 1.54) is 11.3 Å². The molecule has 0 radical (unpaired) electrons. The maximum absolute atomic E-state index is 12.3. The number of para-hydroxylation sites is 1. The molecule has 0 saturated carbocycles. The zero-order valence-electron chi connectivity index (χ0n) is 15.5. The van der Waals surface area contributed by atoms with Gasteiger partial charge in [0, 0.05) is 5.69 Å². The Kier molecular flexibility index (Phi) is 5.63. The summed E-state index contributed by atoms with van der Waals surface area (Å²) >= 11 is 1.45. The van der Waals surface area contributed by atoms with Crippen LogP contribution in [0.4, 0.5) is 5.69 Å². The zero-order valence-corrected chi connectivity index (χ0v) is 16.3.